The summed E-state index contributed by atoms with van der Waals surface area (Å²) in [6.45, 7) is 0.490. The number of nitro groups is 1. The minimum atomic E-state index is -0.413. The number of nitrogens with zero attached hydrogens (tertiary/aromatic N) is 3. The van der Waals surface area contributed by atoms with Gasteiger partial charge >= 0.3 is 0 Å². The van der Waals surface area contributed by atoms with Crippen LogP contribution in [0.15, 0.2) is 35.1 Å². The second kappa shape index (κ2) is 5.49. The molecule has 0 radical (unpaired) electrons. The molecule has 2 rings (SSSR count). The zero-order valence-electron chi connectivity index (χ0n) is 9.22. The molecule has 0 saturated carbocycles. The van der Waals surface area contributed by atoms with E-state index < -0.39 is 4.92 Å². The molecular formula is C11H9BrClN3O2. The molecule has 0 aliphatic rings. The van der Waals surface area contributed by atoms with Gasteiger partial charge in [-0.2, -0.15) is 0 Å². The predicted molar refractivity (Wildman–Crippen MR) is 71.7 cm³/mol. The second-order valence-corrected chi connectivity index (χ2v) is 4.67. The van der Waals surface area contributed by atoms with Gasteiger partial charge in [0.15, 0.2) is 0 Å². The molecule has 5 nitrogen and oxygen atoms in total. The van der Waals surface area contributed by atoms with Gasteiger partial charge in [0, 0.05) is 18.5 Å². The van der Waals surface area contributed by atoms with E-state index in [0.29, 0.717) is 16.9 Å². The van der Waals surface area contributed by atoms with Crippen molar-refractivity contribution in [3.05, 3.63) is 56.6 Å². The van der Waals surface area contributed by atoms with E-state index in [0.717, 1.165) is 11.4 Å². The van der Waals surface area contributed by atoms with E-state index in [1.165, 1.54) is 6.07 Å². The maximum atomic E-state index is 10.8. The Bertz CT molecular complexity index is 585. The van der Waals surface area contributed by atoms with Crippen molar-refractivity contribution >= 4 is 33.2 Å². The first-order valence-electron chi connectivity index (χ1n) is 5.11. The summed E-state index contributed by atoms with van der Waals surface area (Å²) in [6, 6.07) is 4.95. The van der Waals surface area contributed by atoms with Gasteiger partial charge in [0.25, 0.3) is 5.69 Å². The zero-order chi connectivity index (χ0) is 13.1. The van der Waals surface area contributed by atoms with E-state index in [2.05, 4.69) is 20.9 Å². The van der Waals surface area contributed by atoms with Gasteiger partial charge in [-0.1, -0.05) is 12.1 Å². The highest BCUT2D eigenvalue weighted by Gasteiger charge is 2.15. The summed E-state index contributed by atoms with van der Waals surface area (Å²) in [5.41, 5.74) is 0.869. The average molecular weight is 331 g/mol. The molecular weight excluding hydrogens is 321 g/mol. The Labute approximate surface area is 117 Å². The lowest BCUT2D eigenvalue weighted by molar-refractivity contribution is -0.385. The molecule has 0 saturated heterocycles. The van der Waals surface area contributed by atoms with Crippen molar-refractivity contribution < 1.29 is 4.92 Å². The Morgan fingerprint density at radius 1 is 1.50 bits per heavy atom. The largest absolute Gasteiger partial charge is 0.329 e. The van der Waals surface area contributed by atoms with Crippen LogP contribution in [0.1, 0.15) is 11.4 Å². The standard InChI is InChI=1S/C11H9BrClN3O2/c12-11-8(2-1-3-9(11)16(17)18)7-15-5-4-14-10(15)6-13/h1-5H,6-7H2. The maximum absolute atomic E-state index is 10.8. The highest BCUT2D eigenvalue weighted by Crippen LogP contribution is 2.28. The van der Waals surface area contributed by atoms with Gasteiger partial charge in [-0.05, 0) is 21.5 Å². The van der Waals surface area contributed by atoms with Crippen molar-refractivity contribution in [2.24, 2.45) is 0 Å². The van der Waals surface area contributed by atoms with Gasteiger partial charge in [0.1, 0.15) is 10.3 Å². The molecule has 0 unspecified atom stereocenters. The van der Waals surface area contributed by atoms with Crippen molar-refractivity contribution in [2.75, 3.05) is 0 Å². The molecule has 0 bridgehead atoms. The van der Waals surface area contributed by atoms with Crippen LogP contribution in [0, 0.1) is 10.1 Å². The van der Waals surface area contributed by atoms with Crippen molar-refractivity contribution in [1.29, 1.82) is 0 Å². The summed E-state index contributed by atoms with van der Waals surface area (Å²) in [5, 5.41) is 10.8. The van der Waals surface area contributed by atoms with Gasteiger partial charge in [-0.3, -0.25) is 10.1 Å². The van der Waals surface area contributed by atoms with Crippen molar-refractivity contribution in [2.45, 2.75) is 12.4 Å². The fourth-order valence-corrected chi connectivity index (χ4v) is 2.39. The molecule has 0 aliphatic heterocycles. The minimum absolute atomic E-state index is 0.0556. The number of imidazole rings is 1. The van der Waals surface area contributed by atoms with Gasteiger partial charge in [-0.25, -0.2) is 4.98 Å². The summed E-state index contributed by atoms with van der Waals surface area (Å²) in [5.74, 6) is 1.04. The van der Waals surface area contributed by atoms with E-state index in [9.17, 15) is 10.1 Å². The van der Waals surface area contributed by atoms with Crippen LogP contribution in [0.25, 0.3) is 0 Å². The molecule has 0 N–H and O–H groups in total. The maximum Gasteiger partial charge on any atom is 0.283 e. The van der Waals surface area contributed by atoms with Gasteiger partial charge in [-0.15, -0.1) is 11.6 Å². The SMILES string of the molecule is O=[N+]([O-])c1cccc(Cn2ccnc2CCl)c1Br. The molecule has 7 heteroatoms. The van der Waals surface area contributed by atoms with Crippen LogP contribution in [-0.2, 0) is 12.4 Å². The van der Waals surface area contributed by atoms with E-state index >= 15 is 0 Å². The summed E-state index contributed by atoms with van der Waals surface area (Å²) in [7, 11) is 0. The average Bonchev–Trinajstić information content (AvgIpc) is 2.78. The van der Waals surface area contributed by atoms with Crippen LogP contribution >= 0.6 is 27.5 Å². The lowest BCUT2D eigenvalue weighted by Gasteiger charge is -2.08. The van der Waals surface area contributed by atoms with Crippen LogP contribution in [-0.4, -0.2) is 14.5 Å². The number of hydrogen-bond acceptors (Lipinski definition) is 3. The molecule has 94 valence electrons. The molecule has 0 spiro atoms. The van der Waals surface area contributed by atoms with E-state index in [1.54, 1.807) is 18.5 Å². The normalized spacial score (nSPS) is 10.6. The summed E-state index contributed by atoms with van der Waals surface area (Å²) >= 11 is 9.02. The number of hydrogen-bond donors (Lipinski definition) is 0. The molecule has 1 aromatic carbocycles. The molecule has 1 heterocycles. The third kappa shape index (κ3) is 2.54. The van der Waals surface area contributed by atoms with Gasteiger partial charge < -0.3 is 4.57 Å². The Balaban J connectivity index is 2.35. The number of halogens is 2. The van der Waals surface area contributed by atoms with Crippen LogP contribution in [0.2, 0.25) is 0 Å². The molecule has 18 heavy (non-hydrogen) atoms. The van der Waals surface area contributed by atoms with Crippen molar-refractivity contribution in [1.82, 2.24) is 9.55 Å². The van der Waals surface area contributed by atoms with E-state index in [1.807, 2.05) is 10.6 Å². The third-order valence-corrected chi connectivity index (χ3v) is 3.67. The minimum Gasteiger partial charge on any atom is -0.329 e. The smallest absolute Gasteiger partial charge is 0.283 e. The fraction of sp³-hybridized carbons (Fsp3) is 0.182. The monoisotopic (exact) mass is 329 g/mol. The quantitative estimate of drug-likeness (QED) is 0.491. The topological polar surface area (TPSA) is 61.0 Å². The van der Waals surface area contributed by atoms with Crippen LogP contribution in [0.4, 0.5) is 5.69 Å². The van der Waals surface area contributed by atoms with Crippen molar-refractivity contribution in [3.63, 3.8) is 0 Å². The van der Waals surface area contributed by atoms with Crippen LogP contribution < -0.4 is 0 Å². The molecule has 0 amide bonds. The molecule has 2 aromatic rings. The van der Waals surface area contributed by atoms with E-state index in [-0.39, 0.29) is 5.69 Å². The number of nitro benzene ring substituents is 1. The van der Waals surface area contributed by atoms with Crippen LogP contribution in [0.5, 0.6) is 0 Å². The van der Waals surface area contributed by atoms with Crippen LogP contribution in [0.3, 0.4) is 0 Å². The fourth-order valence-electron chi connectivity index (χ4n) is 1.63. The summed E-state index contributed by atoms with van der Waals surface area (Å²) in [6.07, 6.45) is 3.45. The summed E-state index contributed by atoms with van der Waals surface area (Å²) < 4.78 is 2.35. The highest BCUT2D eigenvalue weighted by atomic mass is 79.9. The van der Waals surface area contributed by atoms with Gasteiger partial charge in [0.2, 0.25) is 0 Å². The Morgan fingerprint density at radius 2 is 2.28 bits per heavy atom. The lowest BCUT2D eigenvalue weighted by atomic mass is 10.2. The number of rotatable bonds is 4. The summed E-state index contributed by atoms with van der Waals surface area (Å²) in [4.78, 5) is 14.5. The lowest BCUT2D eigenvalue weighted by Crippen LogP contribution is -2.04. The number of aromatic nitrogens is 2. The highest BCUT2D eigenvalue weighted by molar-refractivity contribution is 9.10. The molecule has 1 aromatic heterocycles. The second-order valence-electron chi connectivity index (χ2n) is 3.61. The van der Waals surface area contributed by atoms with Gasteiger partial charge in [0.05, 0.1) is 17.3 Å². The molecule has 0 aliphatic carbocycles. The first kappa shape index (κ1) is 13.0. The zero-order valence-corrected chi connectivity index (χ0v) is 11.6. The van der Waals surface area contributed by atoms with E-state index in [4.69, 9.17) is 11.6 Å². The Morgan fingerprint density at radius 3 is 2.94 bits per heavy atom. The Hall–Kier alpha value is -1.40. The molecule has 0 fully saturated rings. The first-order valence-corrected chi connectivity index (χ1v) is 6.44. The third-order valence-electron chi connectivity index (χ3n) is 2.52. The van der Waals surface area contributed by atoms with Crippen molar-refractivity contribution in [3.8, 4) is 0 Å². The predicted octanol–water partition coefficient (Wildman–Crippen LogP) is 3.34. The Kier molecular flexibility index (Phi) is 3.98. The number of benzene rings is 1. The first-order chi connectivity index (χ1) is 8.63. The number of alkyl halides is 1. The molecule has 0 atom stereocenters.